The van der Waals surface area contributed by atoms with Crippen LogP contribution in [0.3, 0.4) is 0 Å². The van der Waals surface area contributed by atoms with Crippen molar-refractivity contribution in [3.05, 3.63) is 29.6 Å². The molecular weight excluding hydrogens is 267 g/mol. The molecule has 1 aliphatic heterocycles. The van der Waals surface area contributed by atoms with E-state index in [1.807, 2.05) is 0 Å². The predicted octanol–water partition coefficient (Wildman–Crippen LogP) is 2.76. The van der Waals surface area contributed by atoms with E-state index in [-0.39, 0.29) is 6.10 Å². The Bertz CT molecular complexity index is 444. The topological polar surface area (TPSA) is 39.2 Å². The number of thioether (sulfide) groups is 1. The lowest BCUT2D eigenvalue weighted by Gasteiger charge is -2.13. The van der Waals surface area contributed by atoms with Crippen molar-refractivity contribution in [1.82, 2.24) is 4.98 Å². The average Bonchev–Trinajstić information content (AvgIpc) is 2.80. The van der Waals surface area contributed by atoms with Crippen molar-refractivity contribution < 1.29 is 22.7 Å². The van der Waals surface area contributed by atoms with Gasteiger partial charge in [0.05, 0.1) is 5.56 Å². The summed E-state index contributed by atoms with van der Waals surface area (Å²) < 4.78 is 43.0. The average molecular weight is 277 g/mol. The third-order valence-corrected chi connectivity index (χ3v) is 3.60. The van der Waals surface area contributed by atoms with Gasteiger partial charge in [-0.1, -0.05) is 0 Å². The highest BCUT2D eigenvalue weighted by Gasteiger charge is 2.37. The van der Waals surface area contributed by atoms with Crippen molar-refractivity contribution in [2.75, 3.05) is 11.5 Å². The van der Waals surface area contributed by atoms with Crippen molar-refractivity contribution in [2.45, 2.75) is 18.7 Å². The van der Waals surface area contributed by atoms with Gasteiger partial charge in [-0.2, -0.15) is 24.9 Å². The van der Waals surface area contributed by atoms with Crippen molar-refractivity contribution >= 4 is 17.7 Å². The molecule has 18 heavy (non-hydrogen) atoms. The quantitative estimate of drug-likeness (QED) is 0.779. The number of nitrogens with zero attached hydrogens (tertiary/aromatic N) is 1. The van der Waals surface area contributed by atoms with Gasteiger partial charge < -0.3 is 4.74 Å². The number of hydrogen-bond acceptors (Lipinski definition) is 4. The number of aromatic nitrogens is 1. The molecule has 3 nitrogen and oxygen atoms in total. The Hall–Kier alpha value is -1.24. The summed E-state index contributed by atoms with van der Waals surface area (Å²) in [6.07, 6.45) is -3.10. The number of carbonyl (C=O) groups excluding carboxylic acids is 1. The molecule has 1 aliphatic rings. The van der Waals surface area contributed by atoms with E-state index in [2.05, 4.69) is 4.98 Å². The number of esters is 1. The van der Waals surface area contributed by atoms with Gasteiger partial charge in [0.1, 0.15) is 6.10 Å². The van der Waals surface area contributed by atoms with Crippen LogP contribution < -0.4 is 0 Å². The van der Waals surface area contributed by atoms with Gasteiger partial charge in [0, 0.05) is 11.9 Å². The summed E-state index contributed by atoms with van der Waals surface area (Å²) in [4.78, 5) is 15.2. The summed E-state index contributed by atoms with van der Waals surface area (Å²) in [6, 6.07) is 1.97. The fraction of sp³-hybridized carbons (Fsp3) is 0.455. The van der Waals surface area contributed by atoms with Gasteiger partial charge in [0.15, 0.2) is 5.69 Å². The van der Waals surface area contributed by atoms with Crippen LogP contribution in [-0.2, 0) is 10.9 Å². The molecule has 1 aromatic heterocycles. The van der Waals surface area contributed by atoms with E-state index in [4.69, 9.17) is 4.74 Å². The highest BCUT2D eigenvalue weighted by Crippen LogP contribution is 2.31. The van der Waals surface area contributed by atoms with Crippen LogP contribution in [0.15, 0.2) is 18.3 Å². The molecule has 2 rings (SSSR count). The second kappa shape index (κ2) is 5.17. The summed E-state index contributed by atoms with van der Waals surface area (Å²) in [7, 11) is 0. The SMILES string of the molecule is O=C(O[C@@H]1CCSC1)c1ncccc1C(F)(F)F. The summed E-state index contributed by atoms with van der Waals surface area (Å²) in [5.74, 6) is 0.474. The highest BCUT2D eigenvalue weighted by molar-refractivity contribution is 7.99. The Balaban J connectivity index is 2.19. The predicted molar refractivity (Wildman–Crippen MR) is 60.4 cm³/mol. The van der Waals surface area contributed by atoms with E-state index in [0.29, 0.717) is 12.2 Å². The Morgan fingerprint density at radius 2 is 2.28 bits per heavy atom. The summed E-state index contributed by atoms with van der Waals surface area (Å²) in [5.41, 5.74) is -1.72. The summed E-state index contributed by atoms with van der Waals surface area (Å²) in [6.45, 7) is 0. The monoisotopic (exact) mass is 277 g/mol. The molecular formula is C11H10F3NO2S. The van der Waals surface area contributed by atoms with Crippen molar-refractivity contribution in [2.24, 2.45) is 0 Å². The molecule has 0 aromatic carbocycles. The zero-order valence-corrected chi connectivity index (χ0v) is 10.1. The molecule has 1 aromatic rings. The third kappa shape index (κ3) is 2.95. The number of pyridine rings is 1. The number of carbonyl (C=O) groups is 1. The lowest BCUT2D eigenvalue weighted by Crippen LogP contribution is -2.22. The van der Waals surface area contributed by atoms with E-state index in [9.17, 15) is 18.0 Å². The fourth-order valence-corrected chi connectivity index (χ4v) is 2.70. The van der Waals surface area contributed by atoms with Crippen LogP contribution in [0.2, 0.25) is 0 Å². The van der Waals surface area contributed by atoms with Crippen molar-refractivity contribution in [1.29, 1.82) is 0 Å². The van der Waals surface area contributed by atoms with Gasteiger partial charge in [0.2, 0.25) is 0 Å². The van der Waals surface area contributed by atoms with E-state index in [0.717, 1.165) is 24.1 Å². The fourth-order valence-electron chi connectivity index (χ4n) is 1.61. The Morgan fingerprint density at radius 1 is 1.50 bits per heavy atom. The molecule has 1 saturated heterocycles. The maximum Gasteiger partial charge on any atom is 0.418 e. The Labute approximate surface area is 106 Å². The van der Waals surface area contributed by atoms with Crippen LogP contribution in [0.5, 0.6) is 0 Å². The lowest BCUT2D eigenvalue weighted by atomic mass is 10.2. The maximum atomic E-state index is 12.7. The smallest absolute Gasteiger partial charge is 0.418 e. The molecule has 7 heteroatoms. The molecule has 2 heterocycles. The zero-order valence-electron chi connectivity index (χ0n) is 9.24. The highest BCUT2D eigenvalue weighted by atomic mass is 32.2. The van der Waals surface area contributed by atoms with Gasteiger partial charge in [-0.25, -0.2) is 9.78 Å². The maximum absolute atomic E-state index is 12.7. The van der Waals surface area contributed by atoms with E-state index < -0.39 is 23.4 Å². The first kappa shape index (κ1) is 13.2. The van der Waals surface area contributed by atoms with Gasteiger partial charge >= 0.3 is 12.1 Å². The van der Waals surface area contributed by atoms with Crippen LogP contribution in [-0.4, -0.2) is 28.6 Å². The van der Waals surface area contributed by atoms with Crippen LogP contribution in [0.1, 0.15) is 22.5 Å². The molecule has 0 N–H and O–H groups in total. The third-order valence-electron chi connectivity index (χ3n) is 2.47. The molecule has 0 bridgehead atoms. The minimum Gasteiger partial charge on any atom is -0.457 e. The second-order valence-corrected chi connectivity index (χ2v) is 4.94. The number of ether oxygens (including phenoxy) is 1. The largest absolute Gasteiger partial charge is 0.457 e. The van der Waals surface area contributed by atoms with Crippen molar-refractivity contribution in [3.8, 4) is 0 Å². The van der Waals surface area contributed by atoms with E-state index >= 15 is 0 Å². The number of alkyl halides is 3. The van der Waals surface area contributed by atoms with Crippen molar-refractivity contribution in [3.63, 3.8) is 0 Å². The minimum atomic E-state index is -4.60. The number of rotatable bonds is 2. The summed E-state index contributed by atoms with van der Waals surface area (Å²) >= 11 is 1.61. The van der Waals surface area contributed by atoms with Gasteiger partial charge in [-0.3, -0.25) is 0 Å². The molecule has 98 valence electrons. The lowest BCUT2D eigenvalue weighted by molar-refractivity contribution is -0.138. The molecule has 0 spiro atoms. The van der Waals surface area contributed by atoms with Gasteiger partial charge in [0.25, 0.3) is 0 Å². The second-order valence-electron chi connectivity index (χ2n) is 3.79. The molecule has 1 fully saturated rings. The Morgan fingerprint density at radius 3 is 2.89 bits per heavy atom. The number of hydrogen-bond donors (Lipinski definition) is 0. The van der Waals surface area contributed by atoms with Gasteiger partial charge in [-0.05, 0) is 24.3 Å². The minimum absolute atomic E-state index is 0.314. The van der Waals surface area contributed by atoms with Crippen LogP contribution in [0.4, 0.5) is 13.2 Å². The standard InChI is InChI=1S/C11H10F3NO2S/c12-11(13,14)8-2-1-4-15-9(8)10(16)17-7-3-5-18-6-7/h1-2,4,7H,3,5-6H2/t7-/m1/s1. The molecule has 0 radical (unpaired) electrons. The zero-order chi connectivity index (χ0) is 13.2. The van der Waals surface area contributed by atoms with Gasteiger partial charge in [-0.15, -0.1) is 0 Å². The van der Waals surface area contributed by atoms with Crippen LogP contribution in [0, 0.1) is 0 Å². The van der Waals surface area contributed by atoms with Crippen LogP contribution >= 0.6 is 11.8 Å². The van der Waals surface area contributed by atoms with E-state index in [1.165, 1.54) is 0 Å². The summed E-state index contributed by atoms with van der Waals surface area (Å²) in [5, 5.41) is 0. The molecule has 0 unspecified atom stereocenters. The normalized spacial score (nSPS) is 19.8. The van der Waals surface area contributed by atoms with E-state index in [1.54, 1.807) is 11.8 Å². The molecule has 0 aliphatic carbocycles. The first-order valence-corrected chi connectivity index (χ1v) is 6.45. The van der Waals surface area contributed by atoms with Crippen LogP contribution in [0.25, 0.3) is 0 Å². The first-order valence-electron chi connectivity index (χ1n) is 5.29. The molecule has 1 atom stereocenters. The Kier molecular flexibility index (Phi) is 3.79. The first-order chi connectivity index (χ1) is 8.48. The molecule has 0 amide bonds. The molecule has 0 saturated carbocycles. The number of halogens is 3.